The van der Waals surface area contributed by atoms with Gasteiger partial charge in [0.25, 0.3) is 0 Å². The number of hydrogen-bond acceptors (Lipinski definition) is 6. The summed E-state index contributed by atoms with van der Waals surface area (Å²) < 4.78 is 17.5. The molecule has 39 heavy (non-hydrogen) atoms. The van der Waals surface area contributed by atoms with Crippen LogP contribution in [0, 0.1) is 19.4 Å². The van der Waals surface area contributed by atoms with E-state index in [9.17, 15) is 4.79 Å². The molecule has 1 N–H and O–H groups in total. The van der Waals surface area contributed by atoms with Crippen LogP contribution in [0.3, 0.4) is 0 Å². The van der Waals surface area contributed by atoms with Crippen molar-refractivity contribution >= 4 is 17.4 Å². The maximum atomic E-state index is 13.1. The van der Waals surface area contributed by atoms with Gasteiger partial charge in [0.05, 0.1) is 32.3 Å². The average molecular weight is 534 g/mol. The lowest BCUT2D eigenvalue weighted by atomic mass is 9.88. The zero-order chi connectivity index (χ0) is 27.4. The van der Waals surface area contributed by atoms with Gasteiger partial charge in [0.15, 0.2) is 0 Å². The highest BCUT2D eigenvalue weighted by atomic mass is 16.5. The summed E-state index contributed by atoms with van der Waals surface area (Å²) in [4.78, 5) is 25.8. The van der Waals surface area contributed by atoms with Gasteiger partial charge in [-0.1, -0.05) is 6.07 Å². The summed E-state index contributed by atoms with van der Waals surface area (Å²) in [6, 6.07) is 8.01. The summed E-state index contributed by atoms with van der Waals surface area (Å²) in [5.74, 6) is 0.835. The SMILES string of the molecule is [C-]#[N+]C(C)(C)C1CCN(C(=O)Nc2ccc(C)c(-c3cnc(OC4CCOCC4)c(N4CCOCC4)c3)c2)C1. The molecule has 0 aliphatic carbocycles. The summed E-state index contributed by atoms with van der Waals surface area (Å²) in [5.41, 5.74) is 4.34. The minimum Gasteiger partial charge on any atom is -0.473 e. The number of morpholine rings is 1. The largest absolute Gasteiger partial charge is 0.473 e. The minimum absolute atomic E-state index is 0.0997. The number of anilines is 2. The summed E-state index contributed by atoms with van der Waals surface area (Å²) in [5, 5.41) is 3.08. The number of pyridine rings is 1. The normalized spacial score (nSPS) is 20.5. The summed E-state index contributed by atoms with van der Waals surface area (Å²) in [7, 11) is 0. The molecule has 2 aromatic rings. The van der Waals surface area contributed by atoms with Gasteiger partial charge < -0.3 is 34.2 Å². The third-order valence-corrected chi connectivity index (χ3v) is 8.19. The number of carbonyl (C=O) groups excluding carboxylic acids is 1. The second kappa shape index (κ2) is 11.8. The summed E-state index contributed by atoms with van der Waals surface area (Å²) >= 11 is 0. The molecule has 3 aliphatic rings. The lowest BCUT2D eigenvalue weighted by molar-refractivity contribution is 0.0238. The van der Waals surface area contributed by atoms with Crippen LogP contribution in [0.1, 0.15) is 38.7 Å². The highest BCUT2D eigenvalue weighted by molar-refractivity contribution is 5.91. The van der Waals surface area contributed by atoms with E-state index in [1.807, 2.05) is 43.1 Å². The van der Waals surface area contributed by atoms with Crippen molar-refractivity contribution in [1.82, 2.24) is 9.88 Å². The molecule has 1 unspecified atom stereocenters. The van der Waals surface area contributed by atoms with E-state index in [1.165, 1.54) is 0 Å². The minimum atomic E-state index is -0.460. The van der Waals surface area contributed by atoms with Crippen LogP contribution in [0.2, 0.25) is 0 Å². The molecule has 9 heteroatoms. The molecular weight excluding hydrogens is 494 g/mol. The Morgan fingerprint density at radius 1 is 1.10 bits per heavy atom. The van der Waals surface area contributed by atoms with Crippen molar-refractivity contribution in [3.63, 3.8) is 0 Å². The lowest BCUT2D eigenvalue weighted by Crippen LogP contribution is -2.37. The Morgan fingerprint density at radius 2 is 1.85 bits per heavy atom. The van der Waals surface area contributed by atoms with Crippen LogP contribution in [0.15, 0.2) is 30.5 Å². The van der Waals surface area contributed by atoms with Crippen molar-refractivity contribution in [3.05, 3.63) is 47.4 Å². The molecule has 5 rings (SSSR count). The van der Waals surface area contributed by atoms with Gasteiger partial charge in [0.1, 0.15) is 11.8 Å². The average Bonchev–Trinajstić information content (AvgIpc) is 3.47. The van der Waals surface area contributed by atoms with Gasteiger partial charge in [-0.15, -0.1) is 0 Å². The fraction of sp³-hybridized carbons (Fsp3) is 0.567. The molecule has 1 aromatic heterocycles. The Labute approximate surface area is 231 Å². The highest BCUT2D eigenvalue weighted by Gasteiger charge is 2.41. The molecule has 208 valence electrons. The molecule has 0 saturated carbocycles. The molecule has 0 bridgehead atoms. The smallest absolute Gasteiger partial charge is 0.321 e. The van der Waals surface area contributed by atoms with E-state index >= 15 is 0 Å². The zero-order valence-electron chi connectivity index (χ0n) is 23.2. The van der Waals surface area contributed by atoms with Gasteiger partial charge in [-0.05, 0) is 42.7 Å². The molecular formula is C30H39N5O4. The second-order valence-corrected chi connectivity index (χ2v) is 11.2. The number of urea groups is 1. The number of likely N-dealkylation sites (tertiary alicyclic amines) is 1. The number of aromatic nitrogens is 1. The zero-order valence-corrected chi connectivity index (χ0v) is 23.2. The van der Waals surface area contributed by atoms with Crippen LogP contribution in [-0.2, 0) is 9.47 Å². The van der Waals surface area contributed by atoms with E-state index < -0.39 is 5.54 Å². The Kier molecular flexibility index (Phi) is 8.24. The van der Waals surface area contributed by atoms with Gasteiger partial charge in [-0.2, -0.15) is 0 Å². The Bertz CT molecular complexity index is 1210. The number of benzene rings is 1. The molecule has 1 aromatic carbocycles. The number of nitrogens with one attached hydrogen (secondary N) is 1. The Balaban J connectivity index is 1.36. The van der Waals surface area contributed by atoms with Crippen LogP contribution in [0.5, 0.6) is 5.88 Å². The maximum Gasteiger partial charge on any atom is 0.321 e. The van der Waals surface area contributed by atoms with Crippen molar-refractivity contribution in [2.24, 2.45) is 5.92 Å². The van der Waals surface area contributed by atoms with Gasteiger partial charge in [0.2, 0.25) is 11.4 Å². The molecule has 0 spiro atoms. The third-order valence-electron chi connectivity index (χ3n) is 8.19. The quantitative estimate of drug-likeness (QED) is 0.527. The maximum absolute atomic E-state index is 13.1. The van der Waals surface area contributed by atoms with E-state index in [2.05, 4.69) is 28.1 Å². The number of carbonyl (C=O) groups is 1. The third kappa shape index (κ3) is 6.29. The van der Waals surface area contributed by atoms with E-state index in [-0.39, 0.29) is 18.1 Å². The second-order valence-electron chi connectivity index (χ2n) is 11.2. The molecule has 0 radical (unpaired) electrons. The molecule has 4 heterocycles. The number of nitrogens with zero attached hydrogens (tertiary/aromatic N) is 4. The first-order chi connectivity index (χ1) is 18.8. The van der Waals surface area contributed by atoms with Crippen molar-refractivity contribution < 1.29 is 19.0 Å². The van der Waals surface area contributed by atoms with Gasteiger partial charge in [-0.25, -0.2) is 16.4 Å². The van der Waals surface area contributed by atoms with Crippen molar-refractivity contribution in [3.8, 4) is 17.0 Å². The molecule has 3 fully saturated rings. The fourth-order valence-corrected chi connectivity index (χ4v) is 5.49. The molecule has 9 nitrogen and oxygen atoms in total. The summed E-state index contributed by atoms with van der Waals surface area (Å²) in [6.45, 7) is 19.1. The predicted molar refractivity (Wildman–Crippen MR) is 151 cm³/mol. The van der Waals surface area contributed by atoms with E-state index in [0.717, 1.165) is 60.4 Å². The number of hydrogen-bond donors (Lipinski definition) is 1. The predicted octanol–water partition coefficient (Wildman–Crippen LogP) is 5.00. The van der Waals surface area contributed by atoms with Gasteiger partial charge in [0, 0.05) is 70.3 Å². The van der Waals surface area contributed by atoms with Gasteiger partial charge >= 0.3 is 6.03 Å². The number of amides is 2. The number of ether oxygens (including phenoxy) is 3. The first-order valence-corrected chi connectivity index (χ1v) is 14.0. The fourth-order valence-electron chi connectivity index (χ4n) is 5.49. The van der Waals surface area contributed by atoms with Crippen molar-refractivity contribution in [1.29, 1.82) is 0 Å². The van der Waals surface area contributed by atoms with E-state index in [1.54, 1.807) is 0 Å². The standard InChI is InChI=1S/C30H39N5O4/c1-21-5-6-24(33-29(36)35-10-7-23(20-35)30(2,3)31-4)18-26(21)22-17-27(34-11-15-38-16-12-34)28(32-19-22)39-25-8-13-37-14-9-25/h5-6,17-19,23,25H,7-16,20H2,1-3H3,(H,33,36). The molecule has 3 saturated heterocycles. The van der Waals surface area contributed by atoms with Gasteiger partial charge in [-0.3, -0.25) is 0 Å². The lowest BCUT2D eigenvalue weighted by Gasteiger charge is -2.31. The van der Waals surface area contributed by atoms with Crippen LogP contribution in [-0.4, -0.2) is 80.2 Å². The van der Waals surface area contributed by atoms with Crippen LogP contribution >= 0.6 is 0 Å². The van der Waals surface area contributed by atoms with Crippen LogP contribution in [0.4, 0.5) is 16.2 Å². The first-order valence-electron chi connectivity index (χ1n) is 14.0. The van der Waals surface area contributed by atoms with Crippen LogP contribution < -0.4 is 15.0 Å². The Hall–Kier alpha value is -3.35. The topological polar surface area (TPSA) is 80.5 Å². The number of rotatable bonds is 6. The number of aryl methyl sites for hydroxylation is 1. The van der Waals surface area contributed by atoms with Crippen molar-refractivity contribution in [2.45, 2.75) is 51.7 Å². The summed E-state index contributed by atoms with van der Waals surface area (Å²) in [6.07, 6.45) is 4.53. The molecule has 2 amide bonds. The monoisotopic (exact) mass is 533 g/mol. The van der Waals surface area contributed by atoms with E-state index in [4.69, 9.17) is 25.8 Å². The van der Waals surface area contributed by atoms with Crippen molar-refractivity contribution in [2.75, 3.05) is 62.8 Å². The first kappa shape index (κ1) is 27.2. The van der Waals surface area contributed by atoms with Crippen LogP contribution in [0.25, 0.3) is 16.0 Å². The molecule has 1 atom stereocenters. The van der Waals surface area contributed by atoms with E-state index in [0.29, 0.717) is 45.4 Å². The highest BCUT2D eigenvalue weighted by Crippen LogP contribution is 2.36. The Morgan fingerprint density at radius 3 is 2.59 bits per heavy atom. The molecule has 3 aliphatic heterocycles.